The van der Waals surface area contributed by atoms with Crippen LogP contribution in [0.4, 0.5) is 10.1 Å². The first-order valence-corrected chi connectivity index (χ1v) is 13.4. The van der Waals surface area contributed by atoms with Crippen LogP contribution in [-0.2, 0) is 4.79 Å². The second kappa shape index (κ2) is 10.5. The molecule has 0 bridgehead atoms. The zero-order chi connectivity index (χ0) is 27.8. The zero-order valence-corrected chi connectivity index (χ0v) is 22.1. The van der Waals surface area contributed by atoms with Gasteiger partial charge in [-0.15, -0.1) is 0 Å². The lowest BCUT2D eigenvalue weighted by molar-refractivity contribution is -0.132. The molecule has 1 aliphatic heterocycles. The normalized spacial score (nSPS) is 15.2. The molecule has 1 aliphatic carbocycles. The van der Waals surface area contributed by atoms with E-state index in [1.165, 1.54) is 16.8 Å². The van der Waals surface area contributed by atoms with Gasteiger partial charge in [0.25, 0.3) is 0 Å². The van der Waals surface area contributed by atoms with Crippen molar-refractivity contribution in [2.75, 3.05) is 31.1 Å². The maximum Gasteiger partial charge on any atom is 0.316 e. The van der Waals surface area contributed by atoms with Crippen molar-refractivity contribution < 1.29 is 19.0 Å². The SMILES string of the molecule is Cc1ccc(-n2ncc(N3CCN(C(=O)C4CC4)CC3)c(Oc3ccc(-c4ccc(F)cc4O)cc3)c2=O)cc1. The highest BCUT2D eigenvalue weighted by Crippen LogP contribution is 2.35. The van der Waals surface area contributed by atoms with E-state index in [0.29, 0.717) is 54.4 Å². The molecule has 9 heteroatoms. The van der Waals surface area contributed by atoms with Gasteiger partial charge < -0.3 is 19.6 Å². The third kappa shape index (κ3) is 5.14. The fourth-order valence-corrected chi connectivity index (χ4v) is 4.95. The van der Waals surface area contributed by atoms with Crippen molar-refractivity contribution in [3.05, 3.63) is 94.7 Å². The molecule has 8 nitrogen and oxygen atoms in total. The molecule has 1 N–H and O–H groups in total. The van der Waals surface area contributed by atoms with E-state index >= 15 is 0 Å². The number of aromatic hydroxyl groups is 1. The Kier molecular flexibility index (Phi) is 6.71. The minimum atomic E-state index is -0.519. The van der Waals surface area contributed by atoms with Crippen LogP contribution >= 0.6 is 0 Å². The minimum absolute atomic E-state index is 0.134. The lowest BCUT2D eigenvalue weighted by Gasteiger charge is -2.36. The van der Waals surface area contributed by atoms with E-state index in [2.05, 4.69) is 5.10 Å². The van der Waals surface area contributed by atoms with Gasteiger partial charge in [-0.2, -0.15) is 9.78 Å². The van der Waals surface area contributed by atoms with Crippen molar-refractivity contribution in [2.45, 2.75) is 19.8 Å². The summed E-state index contributed by atoms with van der Waals surface area (Å²) in [6.45, 7) is 4.25. The van der Waals surface area contributed by atoms with Crippen LogP contribution in [0.25, 0.3) is 16.8 Å². The van der Waals surface area contributed by atoms with Crippen LogP contribution in [0.3, 0.4) is 0 Å². The number of hydrogen-bond acceptors (Lipinski definition) is 6. The van der Waals surface area contributed by atoms with Gasteiger partial charge in [0.1, 0.15) is 23.0 Å². The molecular formula is C31H29FN4O4. The highest BCUT2D eigenvalue weighted by molar-refractivity contribution is 5.81. The smallest absolute Gasteiger partial charge is 0.316 e. The number of carbonyl (C=O) groups is 1. The van der Waals surface area contributed by atoms with E-state index in [4.69, 9.17) is 4.74 Å². The quantitative estimate of drug-likeness (QED) is 0.374. The van der Waals surface area contributed by atoms with Crippen LogP contribution in [0, 0.1) is 18.7 Å². The standard InChI is InChI=1S/C31H29FN4O4/c1-20-2-9-24(10-3-20)36-31(39)29(27(19-33-36)34-14-16-35(17-15-34)30(38)22-4-5-22)40-25-11-6-21(7-12-25)26-13-8-23(32)18-28(26)37/h2-3,6-13,18-19,22,37H,4-5,14-17H2,1H3. The Labute approximate surface area is 230 Å². The molecule has 204 valence electrons. The zero-order valence-electron chi connectivity index (χ0n) is 22.1. The molecule has 1 amide bonds. The van der Waals surface area contributed by atoms with Crippen molar-refractivity contribution in [1.29, 1.82) is 0 Å². The number of anilines is 1. The van der Waals surface area contributed by atoms with Gasteiger partial charge >= 0.3 is 5.56 Å². The summed E-state index contributed by atoms with van der Waals surface area (Å²) in [5.41, 5.74) is 3.00. The Morgan fingerprint density at radius 2 is 1.68 bits per heavy atom. The van der Waals surface area contributed by atoms with Crippen LogP contribution in [-0.4, -0.2) is 51.9 Å². The maximum absolute atomic E-state index is 13.8. The van der Waals surface area contributed by atoms with Crippen molar-refractivity contribution in [3.63, 3.8) is 0 Å². The van der Waals surface area contributed by atoms with E-state index in [0.717, 1.165) is 24.5 Å². The summed E-state index contributed by atoms with van der Waals surface area (Å²) in [7, 11) is 0. The summed E-state index contributed by atoms with van der Waals surface area (Å²) >= 11 is 0. The number of aromatic nitrogens is 2. The van der Waals surface area contributed by atoms with Gasteiger partial charge in [-0.1, -0.05) is 29.8 Å². The molecule has 0 atom stereocenters. The lowest BCUT2D eigenvalue weighted by atomic mass is 10.0. The summed E-state index contributed by atoms with van der Waals surface area (Å²) < 4.78 is 21.0. The van der Waals surface area contributed by atoms with Crippen LogP contribution in [0.2, 0.25) is 0 Å². The maximum atomic E-state index is 13.8. The molecule has 6 rings (SSSR count). The summed E-state index contributed by atoms with van der Waals surface area (Å²) in [5, 5.41) is 14.6. The van der Waals surface area contributed by atoms with Gasteiger partial charge in [-0.25, -0.2) is 4.39 Å². The predicted molar refractivity (Wildman–Crippen MR) is 150 cm³/mol. The van der Waals surface area contributed by atoms with Gasteiger partial charge in [0.15, 0.2) is 0 Å². The number of aryl methyl sites for hydroxylation is 1. The molecule has 0 unspecified atom stereocenters. The molecule has 1 saturated heterocycles. The third-order valence-electron chi connectivity index (χ3n) is 7.40. The Morgan fingerprint density at radius 1 is 0.975 bits per heavy atom. The number of phenolic OH excluding ortho intramolecular Hbond substituents is 1. The van der Waals surface area contributed by atoms with E-state index in [1.807, 2.05) is 41.0 Å². The number of benzene rings is 3. The topological polar surface area (TPSA) is 87.9 Å². The monoisotopic (exact) mass is 540 g/mol. The number of amides is 1. The number of halogens is 1. The Morgan fingerprint density at radius 3 is 2.33 bits per heavy atom. The molecule has 3 aromatic carbocycles. The molecule has 0 spiro atoms. The Hall–Kier alpha value is -4.66. The molecule has 0 radical (unpaired) electrons. The highest BCUT2D eigenvalue weighted by Gasteiger charge is 2.35. The summed E-state index contributed by atoms with van der Waals surface area (Å²) in [4.78, 5) is 30.2. The van der Waals surface area contributed by atoms with Crippen LogP contribution < -0.4 is 15.2 Å². The molecule has 1 saturated carbocycles. The van der Waals surface area contributed by atoms with Gasteiger partial charge in [0.2, 0.25) is 11.7 Å². The van der Waals surface area contributed by atoms with Crippen molar-refractivity contribution >= 4 is 11.6 Å². The van der Waals surface area contributed by atoms with Crippen molar-refractivity contribution in [2.24, 2.45) is 5.92 Å². The van der Waals surface area contributed by atoms with E-state index in [1.54, 1.807) is 30.5 Å². The molecule has 4 aromatic rings. The number of phenols is 1. The average molecular weight is 541 g/mol. The average Bonchev–Trinajstić information content (AvgIpc) is 3.81. The summed E-state index contributed by atoms with van der Waals surface area (Å²) in [5.74, 6) is 0.267. The molecule has 2 fully saturated rings. The number of piperazine rings is 1. The fraction of sp³-hybridized carbons (Fsp3) is 0.258. The molecule has 40 heavy (non-hydrogen) atoms. The first-order valence-electron chi connectivity index (χ1n) is 13.4. The predicted octanol–water partition coefficient (Wildman–Crippen LogP) is 4.90. The van der Waals surface area contributed by atoms with Gasteiger partial charge in [-0.3, -0.25) is 9.59 Å². The van der Waals surface area contributed by atoms with Crippen LogP contribution in [0.15, 0.2) is 77.7 Å². The molecular weight excluding hydrogens is 511 g/mol. The fourth-order valence-electron chi connectivity index (χ4n) is 4.95. The Bertz CT molecular complexity index is 1610. The first kappa shape index (κ1) is 25.6. The summed E-state index contributed by atoms with van der Waals surface area (Å²) in [6, 6.07) is 18.2. The Balaban J connectivity index is 1.31. The number of hydrogen-bond donors (Lipinski definition) is 1. The van der Waals surface area contributed by atoms with Crippen molar-refractivity contribution in [1.82, 2.24) is 14.7 Å². The van der Waals surface area contributed by atoms with E-state index in [9.17, 15) is 19.1 Å². The van der Waals surface area contributed by atoms with Gasteiger partial charge in [0, 0.05) is 43.7 Å². The van der Waals surface area contributed by atoms with E-state index in [-0.39, 0.29) is 23.3 Å². The van der Waals surface area contributed by atoms with Gasteiger partial charge in [-0.05, 0) is 61.7 Å². The molecule has 1 aromatic heterocycles. The summed E-state index contributed by atoms with van der Waals surface area (Å²) in [6.07, 6.45) is 3.58. The number of rotatable bonds is 6. The third-order valence-corrected chi connectivity index (χ3v) is 7.40. The second-order valence-corrected chi connectivity index (χ2v) is 10.3. The largest absolute Gasteiger partial charge is 0.507 e. The molecule has 2 aliphatic rings. The number of ether oxygens (including phenoxy) is 1. The van der Waals surface area contributed by atoms with Crippen LogP contribution in [0.5, 0.6) is 17.2 Å². The van der Waals surface area contributed by atoms with Crippen molar-refractivity contribution in [3.8, 4) is 34.1 Å². The first-order chi connectivity index (χ1) is 19.4. The lowest BCUT2D eigenvalue weighted by Crippen LogP contribution is -2.49. The van der Waals surface area contributed by atoms with E-state index < -0.39 is 11.4 Å². The second-order valence-electron chi connectivity index (χ2n) is 10.3. The highest BCUT2D eigenvalue weighted by atomic mass is 19.1. The minimum Gasteiger partial charge on any atom is -0.507 e. The number of carbonyl (C=O) groups excluding carboxylic acids is 1. The van der Waals surface area contributed by atoms with Crippen LogP contribution in [0.1, 0.15) is 18.4 Å². The van der Waals surface area contributed by atoms with Gasteiger partial charge in [0.05, 0.1) is 11.9 Å². The number of nitrogens with zero attached hydrogens (tertiary/aromatic N) is 4. The molecule has 2 heterocycles.